The van der Waals surface area contributed by atoms with Crippen molar-refractivity contribution in [2.75, 3.05) is 4.90 Å². The fourth-order valence-electron chi connectivity index (χ4n) is 2.61. The topological polar surface area (TPSA) is 80.5 Å². The molecule has 0 saturated carbocycles. The Balaban J connectivity index is 2.16. The zero-order valence-corrected chi connectivity index (χ0v) is 13.3. The van der Waals surface area contributed by atoms with Crippen molar-refractivity contribution in [3.63, 3.8) is 0 Å². The zero-order valence-electron chi connectivity index (χ0n) is 12.5. The smallest absolute Gasteiger partial charge is 0.269 e. The van der Waals surface area contributed by atoms with Crippen molar-refractivity contribution in [2.45, 2.75) is 6.92 Å². The van der Waals surface area contributed by atoms with Crippen molar-refractivity contribution in [3.8, 4) is 0 Å². The van der Waals surface area contributed by atoms with E-state index in [-0.39, 0.29) is 16.3 Å². The van der Waals surface area contributed by atoms with Gasteiger partial charge in [0.05, 0.1) is 21.2 Å². The van der Waals surface area contributed by atoms with E-state index in [9.17, 15) is 19.7 Å². The zero-order chi connectivity index (χ0) is 17.4. The van der Waals surface area contributed by atoms with Gasteiger partial charge in [-0.05, 0) is 23.8 Å². The van der Waals surface area contributed by atoms with Gasteiger partial charge in [-0.2, -0.15) is 0 Å². The molecular weight excluding hydrogens is 332 g/mol. The van der Waals surface area contributed by atoms with Crippen LogP contribution in [0.4, 0.5) is 11.4 Å². The van der Waals surface area contributed by atoms with E-state index in [1.165, 1.54) is 31.2 Å². The molecule has 0 atom stereocenters. The molecular formula is C17H11ClN2O4. The number of non-ortho nitro benzene ring substituents is 1. The molecule has 7 heteroatoms. The lowest BCUT2D eigenvalue weighted by molar-refractivity contribution is -0.384. The van der Waals surface area contributed by atoms with Crippen LogP contribution in [0.2, 0.25) is 0 Å². The van der Waals surface area contributed by atoms with Crippen molar-refractivity contribution >= 4 is 45.4 Å². The second-order valence-electron chi connectivity index (χ2n) is 5.17. The molecule has 0 aliphatic carbocycles. The Morgan fingerprint density at radius 1 is 1.12 bits per heavy atom. The molecule has 1 heterocycles. The van der Waals surface area contributed by atoms with Gasteiger partial charge in [-0.3, -0.25) is 19.7 Å². The number of carbonyl (C=O) groups is 2. The second-order valence-corrected chi connectivity index (χ2v) is 5.55. The van der Waals surface area contributed by atoms with Gasteiger partial charge < -0.3 is 0 Å². The summed E-state index contributed by atoms with van der Waals surface area (Å²) in [5.74, 6) is -0.914. The van der Waals surface area contributed by atoms with Crippen molar-refractivity contribution in [1.29, 1.82) is 0 Å². The largest absolute Gasteiger partial charge is 0.274 e. The number of fused-ring (bicyclic) bond motifs is 1. The summed E-state index contributed by atoms with van der Waals surface area (Å²) >= 11 is 6.39. The highest BCUT2D eigenvalue weighted by molar-refractivity contribution is 6.60. The summed E-state index contributed by atoms with van der Waals surface area (Å²) in [5, 5.41) is 10.9. The van der Waals surface area contributed by atoms with Crippen LogP contribution in [0.25, 0.3) is 10.6 Å². The van der Waals surface area contributed by atoms with Gasteiger partial charge in [0, 0.05) is 24.6 Å². The summed E-state index contributed by atoms with van der Waals surface area (Å²) in [7, 11) is 0. The first-order valence-electron chi connectivity index (χ1n) is 7.01. The number of para-hydroxylation sites is 1. The SMILES string of the molecule is CC(=O)N1C(=O)/C(=C(/Cl)c2ccc([N+](=O)[O-])cc2)c2ccccc21. The normalized spacial score (nSPS) is 15.2. The summed E-state index contributed by atoms with van der Waals surface area (Å²) in [5.41, 5.74) is 1.63. The van der Waals surface area contributed by atoms with E-state index in [0.29, 0.717) is 16.8 Å². The van der Waals surface area contributed by atoms with E-state index in [1.54, 1.807) is 24.3 Å². The maximum Gasteiger partial charge on any atom is 0.269 e. The lowest BCUT2D eigenvalue weighted by atomic mass is 10.0. The number of hydrogen-bond acceptors (Lipinski definition) is 4. The van der Waals surface area contributed by atoms with Gasteiger partial charge in [-0.25, -0.2) is 4.90 Å². The van der Waals surface area contributed by atoms with E-state index in [1.807, 2.05) is 0 Å². The molecule has 6 nitrogen and oxygen atoms in total. The average molecular weight is 343 g/mol. The fourth-order valence-corrected chi connectivity index (χ4v) is 2.92. The van der Waals surface area contributed by atoms with Gasteiger partial charge in [-0.15, -0.1) is 0 Å². The Labute approximate surface area is 142 Å². The molecule has 0 radical (unpaired) electrons. The Morgan fingerprint density at radius 3 is 2.33 bits per heavy atom. The maximum absolute atomic E-state index is 12.6. The van der Waals surface area contributed by atoms with E-state index in [4.69, 9.17) is 11.6 Å². The molecule has 0 bridgehead atoms. The molecule has 0 spiro atoms. The molecule has 2 aromatic carbocycles. The molecule has 1 aliphatic rings. The van der Waals surface area contributed by atoms with Gasteiger partial charge in [0.15, 0.2) is 0 Å². The first-order chi connectivity index (χ1) is 11.4. The number of anilines is 1. The van der Waals surface area contributed by atoms with Crippen LogP contribution in [0.1, 0.15) is 18.1 Å². The van der Waals surface area contributed by atoms with Crippen LogP contribution >= 0.6 is 11.6 Å². The van der Waals surface area contributed by atoms with Gasteiger partial charge in [0.2, 0.25) is 5.91 Å². The molecule has 24 heavy (non-hydrogen) atoms. The lowest BCUT2D eigenvalue weighted by Gasteiger charge is -2.11. The predicted molar refractivity (Wildman–Crippen MR) is 90.4 cm³/mol. The second kappa shape index (κ2) is 5.90. The number of amides is 2. The Morgan fingerprint density at radius 2 is 1.75 bits per heavy atom. The van der Waals surface area contributed by atoms with Crippen molar-refractivity contribution in [3.05, 3.63) is 69.8 Å². The predicted octanol–water partition coefficient (Wildman–Crippen LogP) is 3.60. The summed E-state index contributed by atoms with van der Waals surface area (Å²) in [6.45, 7) is 1.30. The Kier molecular flexibility index (Phi) is 3.91. The molecule has 2 amide bonds. The number of carbonyl (C=O) groups excluding carboxylic acids is 2. The number of halogens is 1. The van der Waals surface area contributed by atoms with Gasteiger partial charge in [0.25, 0.3) is 11.6 Å². The highest BCUT2D eigenvalue weighted by Crippen LogP contribution is 2.42. The molecule has 0 N–H and O–H groups in total. The third kappa shape index (κ3) is 2.47. The third-order valence-electron chi connectivity index (χ3n) is 3.70. The van der Waals surface area contributed by atoms with E-state index < -0.39 is 16.7 Å². The molecule has 2 aromatic rings. The van der Waals surface area contributed by atoms with Crippen LogP contribution in [0, 0.1) is 10.1 Å². The van der Waals surface area contributed by atoms with Crippen LogP contribution in [0.15, 0.2) is 48.5 Å². The number of nitro groups is 1. The quantitative estimate of drug-likeness (QED) is 0.474. The van der Waals surface area contributed by atoms with Crippen molar-refractivity contribution in [1.82, 2.24) is 0 Å². The Bertz CT molecular complexity index is 903. The van der Waals surface area contributed by atoms with E-state index >= 15 is 0 Å². The number of imide groups is 1. The number of hydrogen-bond donors (Lipinski definition) is 0. The molecule has 0 saturated heterocycles. The van der Waals surface area contributed by atoms with Crippen LogP contribution in [-0.2, 0) is 9.59 Å². The summed E-state index contributed by atoms with van der Waals surface area (Å²) in [6.07, 6.45) is 0. The van der Waals surface area contributed by atoms with E-state index in [2.05, 4.69) is 0 Å². The molecule has 1 aliphatic heterocycles. The first-order valence-corrected chi connectivity index (χ1v) is 7.38. The molecule has 3 rings (SSSR count). The van der Waals surface area contributed by atoms with E-state index in [0.717, 1.165) is 4.90 Å². The number of rotatable bonds is 2. The monoisotopic (exact) mass is 342 g/mol. The highest BCUT2D eigenvalue weighted by Gasteiger charge is 2.36. The Hall–Kier alpha value is -2.99. The summed E-state index contributed by atoms with van der Waals surface area (Å²) < 4.78 is 0. The molecule has 0 fully saturated rings. The number of benzene rings is 2. The van der Waals surface area contributed by atoms with Gasteiger partial charge in [0.1, 0.15) is 0 Å². The average Bonchev–Trinajstić information content (AvgIpc) is 2.86. The van der Waals surface area contributed by atoms with Crippen molar-refractivity contribution < 1.29 is 14.5 Å². The van der Waals surface area contributed by atoms with Crippen LogP contribution < -0.4 is 4.90 Å². The minimum Gasteiger partial charge on any atom is -0.274 e. The lowest BCUT2D eigenvalue weighted by Crippen LogP contribution is -2.31. The minimum absolute atomic E-state index is 0.0725. The summed E-state index contributed by atoms with van der Waals surface area (Å²) in [6, 6.07) is 12.4. The number of nitro benzene ring substituents is 1. The van der Waals surface area contributed by atoms with Crippen LogP contribution in [0.5, 0.6) is 0 Å². The third-order valence-corrected chi connectivity index (χ3v) is 4.10. The van der Waals surface area contributed by atoms with Crippen molar-refractivity contribution in [2.24, 2.45) is 0 Å². The van der Waals surface area contributed by atoms with Crippen LogP contribution in [0.3, 0.4) is 0 Å². The maximum atomic E-state index is 12.6. The number of nitrogens with zero attached hydrogens (tertiary/aromatic N) is 2. The molecule has 0 aromatic heterocycles. The highest BCUT2D eigenvalue weighted by atomic mass is 35.5. The van der Waals surface area contributed by atoms with Gasteiger partial charge in [-0.1, -0.05) is 29.8 Å². The standard InChI is InChI=1S/C17H11ClN2O4/c1-10(21)19-14-5-3-2-4-13(14)15(17(19)22)16(18)11-6-8-12(9-7-11)20(23)24/h2-9H,1H3/b16-15+. The fraction of sp³-hybridized carbons (Fsp3) is 0.0588. The van der Waals surface area contributed by atoms with Crippen LogP contribution in [-0.4, -0.2) is 16.7 Å². The molecule has 0 unspecified atom stereocenters. The summed E-state index contributed by atoms with van der Waals surface area (Å²) in [4.78, 5) is 35.7. The van der Waals surface area contributed by atoms with Gasteiger partial charge >= 0.3 is 0 Å². The first kappa shape index (κ1) is 15.9. The molecule has 120 valence electrons. The minimum atomic E-state index is -0.516.